The van der Waals surface area contributed by atoms with Gasteiger partial charge in [-0.1, -0.05) is 12.8 Å². The summed E-state index contributed by atoms with van der Waals surface area (Å²) in [5, 5.41) is 3.41. The smallest absolute Gasteiger partial charge is 0.342 e. The Kier molecular flexibility index (Phi) is 6.06. The standard InChI is InChI=1S/C18H25F3N4O2/c19-18(20,21)15-7-12-25(22-15)13-16(26)23-10-5-14(6-11-23)17(27)24-8-3-1-2-4-9-24/h7,12,14H,1-6,8-11,13H2. The Hall–Kier alpha value is -2.06. The van der Waals surface area contributed by atoms with Gasteiger partial charge in [0.05, 0.1) is 0 Å². The normalized spacial score (nSPS) is 19.8. The summed E-state index contributed by atoms with van der Waals surface area (Å²) < 4.78 is 38.8. The summed E-state index contributed by atoms with van der Waals surface area (Å²) in [6, 6.07) is 0.860. The lowest BCUT2D eigenvalue weighted by molar-refractivity contribution is -0.142. The van der Waals surface area contributed by atoms with Crippen LogP contribution in [-0.4, -0.2) is 57.6 Å². The molecule has 2 aliphatic rings. The molecule has 0 N–H and O–H groups in total. The van der Waals surface area contributed by atoms with Crippen molar-refractivity contribution in [2.24, 2.45) is 5.92 Å². The van der Waals surface area contributed by atoms with Gasteiger partial charge in [0, 0.05) is 38.3 Å². The van der Waals surface area contributed by atoms with Gasteiger partial charge in [-0.05, 0) is 31.7 Å². The molecule has 2 saturated heterocycles. The molecule has 0 atom stereocenters. The summed E-state index contributed by atoms with van der Waals surface area (Å²) in [6.45, 7) is 2.32. The van der Waals surface area contributed by atoms with Crippen molar-refractivity contribution in [2.45, 2.75) is 51.2 Å². The van der Waals surface area contributed by atoms with Crippen LogP contribution in [0, 0.1) is 5.92 Å². The molecular weight excluding hydrogens is 361 g/mol. The first-order valence-corrected chi connectivity index (χ1v) is 9.52. The lowest BCUT2D eigenvalue weighted by Crippen LogP contribution is -2.45. The van der Waals surface area contributed by atoms with Crippen LogP contribution < -0.4 is 0 Å². The maximum absolute atomic E-state index is 12.7. The molecule has 2 fully saturated rings. The fraction of sp³-hybridized carbons (Fsp3) is 0.722. The predicted octanol–water partition coefficient (Wildman–Crippen LogP) is 2.54. The van der Waals surface area contributed by atoms with Gasteiger partial charge < -0.3 is 9.80 Å². The molecule has 0 aliphatic carbocycles. The van der Waals surface area contributed by atoms with Crippen molar-refractivity contribution in [3.05, 3.63) is 18.0 Å². The highest BCUT2D eigenvalue weighted by atomic mass is 19.4. The highest BCUT2D eigenvalue weighted by molar-refractivity contribution is 5.80. The second kappa shape index (κ2) is 8.31. The van der Waals surface area contributed by atoms with Crippen molar-refractivity contribution in [1.82, 2.24) is 19.6 Å². The first-order valence-electron chi connectivity index (χ1n) is 9.52. The van der Waals surface area contributed by atoms with Crippen LogP contribution in [0.5, 0.6) is 0 Å². The van der Waals surface area contributed by atoms with E-state index < -0.39 is 11.9 Å². The molecular formula is C18H25F3N4O2. The number of likely N-dealkylation sites (tertiary alicyclic amines) is 2. The summed E-state index contributed by atoms with van der Waals surface area (Å²) in [4.78, 5) is 28.6. The van der Waals surface area contributed by atoms with E-state index in [2.05, 4.69) is 5.10 Å². The van der Waals surface area contributed by atoms with E-state index in [-0.39, 0.29) is 24.3 Å². The van der Waals surface area contributed by atoms with Gasteiger partial charge in [0.25, 0.3) is 0 Å². The van der Waals surface area contributed by atoms with E-state index in [9.17, 15) is 22.8 Å². The van der Waals surface area contributed by atoms with Crippen molar-refractivity contribution in [2.75, 3.05) is 26.2 Å². The van der Waals surface area contributed by atoms with Crippen LogP contribution in [0.15, 0.2) is 12.3 Å². The van der Waals surface area contributed by atoms with Crippen LogP contribution >= 0.6 is 0 Å². The molecule has 0 spiro atoms. The van der Waals surface area contributed by atoms with Gasteiger partial charge in [0.1, 0.15) is 6.54 Å². The zero-order valence-corrected chi connectivity index (χ0v) is 15.2. The Morgan fingerprint density at radius 2 is 1.63 bits per heavy atom. The molecule has 0 bridgehead atoms. The lowest BCUT2D eigenvalue weighted by Gasteiger charge is -2.34. The fourth-order valence-corrected chi connectivity index (χ4v) is 3.76. The van der Waals surface area contributed by atoms with Crippen LogP contribution in [0.25, 0.3) is 0 Å². The molecule has 2 amide bonds. The topological polar surface area (TPSA) is 58.4 Å². The molecule has 0 unspecified atom stereocenters. The number of piperidine rings is 1. The molecule has 6 nitrogen and oxygen atoms in total. The molecule has 1 aromatic rings. The molecule has 9 heteroatoms. The van der Waals surface area contributed by atoms with Gasteiger partial charge in [-0.3, -0.25) is 14.3 Å². The summed E-state index contributed by atoms with van der Waals surface area (Å²) >= 11 is 0. The fourth-order valence-electron chi connectivity index (χ4n) is 3.76. The minimum absolute atomic E-state index is 0.0614. The van der Waals surface area contributed by atoms with Crippen molar-refractivity contribution in [1.29, 1.82) is 0 Å². The number of hydrogen-bond donors (Lipinski definition) is 0. The Balaban J connectivity index is 1.49. The van der Waals surface area contributed by atoms with E-state index in [1.165, 1.54) is 12.8 Å². The zero-order chi connectivity index (χ0) is 19.4. The molecule has 0 aromatic carbocycles. The van der Waals surface area contributed by atoms with Crippen LogP contribution in [0.1, 0.15) is 44.2 Å². The third-order valence-corrected chi connectivity index (χ3v) is 5.34. The molecule has 0 radical (unpaired) electrons. The number of nitrogens with zero attached hydrogens (tertiary/aromatic N) is 4. The van der Waals surface area contributed by atoms with E-state index in [1.807, 2.05) is 4.90 Å². The van der Waals surface area contributed by atoms with Crippen molar-refractivity contribution >= 4 is 11.8 Å². The Bertz CT molecular complexity index is 658. The third kappa shape index (κ3) is 5.01. The minimum atomic E-state index is -4.51. The van der Waals surface area contributed by atoms with Crippen molar-refractivity contribution < 1.29 is 22.8 Å². The first kappa shape index (κ1) is 19.7. The van der Waals surface area contributed by atoms with Gasteiger partial charge in [0.2, 0.25) is 11.8 Å². The highest BCUT2D eigenvalue weighted by Gasteiger charge is 2.34. The van der Waals surface area contributed by atoms with E-state index in [0.717, 1.165) is 42.9 Å². The van der Waals surface area contributed by atoms with Gasteiger partial charge >= 0.3 is 6.18 Å². The summed E-state index contributed by atoms with van der Waals surface area (Å²) in [5.74, 6) is -0.146. The van der Waals surface area contributed by atoms with E-state index in [1.54, 1.807) is 4.90 Å². The SMILES string of the molecule is O=C(Cn1ccc(C(F)(F)F)n1)N1CCC(C(=O)N2CCCCCC2)CC1. The number of halogens is 3. The second-order valence-corrected chi connectivity index (χ2v) is 7.29. The predicted molar refractivity (Wildman–Crippen MR) is 91.6 cm³/mol. The average Bonchev–Trinajstić information content (AvgIpc) is 2.95. The minimum Gasteiger partial charge on any atom is -0.342 e. The maximum atomic E-state index is 12.7. The Morgan fingerprint density at radius 1 is 1.00 bits per heavy atom. The largest absolute Gasteiger partial charge is 0.435 e. The van der Waals surface area contributed by atoms with Gasteiger partial charge in [-0.25, -0.2) is 0 Å². The molecule has 1 aromatic heterocycles. The van der Waals surface area contributed by atoms with Crippen LogP contribution in [0.2, 0.25) is 0 Å². The first-order chi connectivity index (χ1) is 12.8. The second-order valence-electron chi connectivity index (χ2n) is 7.29. The molecule has 3 heterocycles. The van der Waals surface area contributed by atoms with E-state index >= 15 is 0 Å². The number of hydrogen-bond acceptors (Lipinski definition) is 3. The monoisotopic (exact) mass is 386 g/mol. The average molecular weight is 386 g/mol. The van der Waals surface area contributed by atoms with Crippen molar-refractivity contribution in [3.8, 4) is 0 Å². The lowest BCUT2D eigenvalue weighted by atomic mass is 9.95. The van der Waals surface area contributed by atoms with Crippen LogP contribution in [0.3, 0.4) is 0 Å². The number of carbonyl (C=O) groups is 2. The third-order valence-electron chi connectivity index (χ3n) is 5.34. The van der Waals surface area contributed by atoms with E-state index in [4.69, 9.17) is 0 Å². The maximum Gasteiger partial charge on any atom is 0.435 e. The van der Waals surface area contributed by atoms with Gasteiger partial charge in [-0.2, -0.15) is 18.3 Å². The Labute approximate surface area is 156 Å². The number of alkyl halides is 3. The van der Waals surface area contributed by atoms with E-state index in [0.29, 0.717) is 25.9 Å². The molecule has 27 heavy (non-hydrogen) atoms. The number of aromatic nitrogens is 2. The summed E-state index contributed by atoms with van der Waals surface area (Å²) in [6.07, 6.45) is 2.29. The molecule has 3 rings (SSSR count). The van der Waals surface area contributed by atoms with Gasteiger partial charge in [0.15, 0.2) is 5.69 Å². The number of rotatable bonds is 3. The molecule has 2 aliphatic heterocycles. The number of carbonyl (C=O) groups excluding carboxylic acids is 2. The van der Waals surface area contributed by atoms with Crippen LogP contribution in [-0.2, 0) is 22.3 Å². The highest BCUT2D eigenvalue weighted by Crippen LogP contribution is 2.27. The van der Waals surface area contributed by atoms with Crippen molar-refractivity contribution in [3.63, 3.8) is 0 Å². The quantitative estimate of drug-likeness (QED) is 0.802. The number of amides is 2. The van der Waals surface area contributed by atoms with Crippen LogP contribution in [0.4, 0.5) is 13.2 Å². The zero-order valence-electron chi connectivity index (χ0n) is 15.2. The molecule has 0 saturated carbocycles. The summed E-state index contributed by atoms with van der Waals surface area (Å²) in [7, 11) is 0. The van der Waals surface area contributed by atoms with Gasteiger partial charge in [-0.15, -0.1) is 0 Å². The Morgan fingerprint density at radius 3 is 2.19 bits per heavy atom. The summed E-state index contributed by atoms with van der Waals surface area (Å²) in [5.41, 5.74) is -1.00. The molecule has 150 valence electrons.